The normalized spacial score (nSPS) is 13.4. The minimum absolute atomic E-state index is 0.196. The summed E-state index contributed by atoms with van der Waals surface area (Å²) in [5, 5.41) is 0.747. The molecule has 0 aliphatic rings. The Balaban J connectivity index is 2.19. The number of nitrogens with zero attached hydrogens (tertiary/aromatic N) is 1. The number of nitrogens with one attached hydrogen (secondary N) is 1. The number of nitrogens with two attached hydrogens (primary N) is 1. The summed E-state index contributed by atoms with van der Waals surface area (Å²) in [4.78, 5) is 5.42. The predicted molar refractivity (Wildman–Crippen MR) is 76.4 cm³/mol. The number of sulfonamides is 1. The Hall–Kier alpha value is -1.44. The Morgan fingerprint density at radius 1 is 1.32 bits per heavy atom. The highest BCUT2D eigenvalue weighted by Gasteiger charge is 2.19. The highest BCUT2D eigenvalue weighted by Crippen LogP contribution is 2.21. The van der Waals surface area contributed by atoms with E-state index in [1.807, 2.05) is 6.92 Å². The van der Waals surface area contributed by atoms with Crippen molar-refractivity contribution in [3.8, 4) is 0 Å². The maximum atomic E-state index is 12.2. The van der Waals surface area contributed by atoms with Crippen molar-refractivity contribution in [2.75, 3.05) is 5.73 Å². The van der Waals surface area contributed by atoms with Crippen LogP contribution in [0, 0.1) is 6.92 Å². The van der Waals surface area contributed by atoms with Gasteiger partial charge >= 0.3 is 0 Å². The van der Waals surface area contributed by atoms with Crippen LogP contribution in [-0.4, -0.2) is 13.4 Å². The lowest BCUT2D eigenvalue weighted by molar-refractivity contribution is 0.566. The van der Waals surface area contributed by atoms with Crippen LogP contribution < -0.4 is 10.5 Å². The third-order valence-electron chi connectivity index (χ3n) is 2.53. The lowest BCUT2D eigenvalue weighted by Crippen LogP contribution is -2.26. The Kier molecular flexibility index (Phi) is 3.88. The van der Waals surface area contributed by atoms with Crippen molar-refractivity contribution in [3.05, 3.63) is 40.3 Å². The molecular formula is C12H15N3O2S2. The molecule has 102 valence electrons. The molecule has 2 rings (SSSR count). The fourth-order valence-corrected chi connectivity index (χ4v) is 3.63. The number of aryl methyl sites for hydroxylation is 1. The van der Waals surface area contributed by atoms with E-state index in [1.54, 1.807) is 25.3 Å². The molecule has 2 aromatic rings. The highest BCUT2D eigenvalue weighted by molar-refractivity contribution is 7.89. The number of aromatic nitrogens is 1. The van der Waals surface area contributed by atoms with Gasteiger partial charge < -0.3 is 5.73 Å². The third kappa shape index (κ3) is 3.31. The van der Waals surface area contributed by atoms with Gasteiger partial charge in [-0.1, -0.05) is 0 Å². The Bertz CT molecular complexity index is 663. The smallest absolute Gasteiger partial charge is 0.241 e. The molecule has 1 atom stereocenters. The van der Waals surface area contributed by atoms with Crippen LogP contribution in [0.3, 0.4) is 0 Å². The van der Waals surface area contributed by atoms with Gasteiger partial charge in [-0.05, 0) is 38.1 Å². The second kappa shape index (κ2) is 5.28. The molecule has 0 spiro atoms. The third-order valence-corrected chi connectivity index (χ3v) is 5.18. The van der Waals surface area contributed by atoms with E-state index in [4.69, 9.17) is 5.73 Å². The molecule has 0 saturated carbocycles. The van der Waals surface area contributed by atoms with Crippen LogP contribution in [0.4, 0.5) is 5.69 Å². The molecule has 0 radical (unpaired) electrons. The number of nitrogen functional groups attached to an aromatic ring is 1. The fourth-order valence-electron chi connectivity index (χ4n) is 1.57. The molecule has 1 heterocycles. The van der Waals surface area contributed by atoms with Crippen LogP contribution in [0.2, 0.25) is 0 Å². The van der Waals surface area contributed by atoms with E-state index in [0.29, 0.717) is 5.69 Å². The summed E-state index contributed by atoms with van der Waals surface area (Å²) in [6.45, 7) is 3.70. The highest BCUT2D eigenvalue weighted by atomic mass is 32.2. The van der Waals surface area contributed by atoms with Gasteiger partial charge in [0, 0.05) is 16.8 Å². The van der Waals surface area contributed by atoms with Crippen molar-refractivity contribution in [2.45, 2.75) is 24.8 Å². The van der Waals surface area contributed by atoms with Gasteiger partial charge in [0.05, 0.1) is 10.9 Å². The molecule has 7 heteroatoms. The van der Waals surface area contributed by atoms with E-state index in [2.05, 4.69) is 9.71 Å². The Labute approximate surface area is 116 Å². The van der Waals surface area contributed by atoms with Gasteiger partial charge in [-0.3, -0.25) is 0 Å². The van der Waals surface area contributed by atoms with Gasteiger partial charge in [0.2, 0.25) is 10.0 Å². The van der Waals surface area contributed by atoms with Crippen molar-refractivity contribution in [1.82, 2.24) is 9.71 Å². The topological polar surface area (TPSA) is 85.1 Å². The lowest BCUT2D eigenvalue weighted by atomic mass is 10.3. The maximum absolute atomic E-state index is 12.2. The summed E-state index contributed by atoms with van der Waals surface area (Å²) in [6, 6.07) is 5.73. The van der Waals surface area contributed by atoms with Crippen molar-refractivity contribution >= 4 is 27.0 Å². The molecule has 1 aromatic heterocycles. The Morgan fingerprint density at radius 3 is 2.47 bits per heavy atom. The summed E-state index contributed by atoms with van der Waals surface area (Å²) in [5.74, 6) is 0. The minimum atomic E-state index is -3.55. The van der Waals surface area contributed by atoms with E-state index in [-0.39, 0.29) is 10.9 Å². The van der Waals surface area contributed by atoms with Crippen molar-refractivity contribution in [3.63, 3.8) is 0 Å². The molecule has 0 saturated heterocycles. The molecule has 1 unspecified atom stereocenters. The minimum Gasteiger partial charge on any atom is -0.399 e. The fraction of sp³-hybridized carbons (Fsp3) is 0.250. The quantitative estimate of drug-likeness (QED) is 0.846. The van der Waals surface area contributed by atoms with Crippen LogP contribution in [0.1, 0.15) is 22.9 Å². The summed E-state index contributed by atoms with van der Waals surface area (Å²) in [5.41, 5.74) is 6.07. The van der Waals surface area contributed by atoms with Crippen LogP contribution >= 0.6 is 11.3 Å². The number of benzene rings is 1. The molecule has 0 bridgehead atoms. The number of thiazole rings is 1. The first-order valence-electron chi connectivity index (χ1n) is 5.69. The second-order valence-electron chi connectivity index (χ2n) is 4.22. The predicted octanol–water partition coefficient (Wildman–Crippen LogP) is 2.07. The zero-order chi connectivity index (χ0) is 14.0. The van der Waals surface area contributed by atoms with Crippen LogP contribution in [0.15, 0.2) is 35.4 Å². The lowest BCUT2D eigenvalue weighted by Gasteiger charge is -2.12. The van der Waals surface area contributed by atoms with Gasteiger partial charge in [-0.25, -0.2) is 18.1 Å². The first kappa shape index (κ1) is 14.0. The molecular weight excluding hydrogens is 282 g/mol. The van der Waals surface area contributed by atoms with Crippen molar-refractivity contribution in [1.29, 1.82) is 0 Å². The monoisotopic (exact) mass is 297 g/mol. The standard InChI is InChI=1S/C12H15N3O2S2/c1-8-7-14-12(18-8)9(2)15-19(16,17)11-5-3-10(13)4-6-11/h3-7,9,15H,13H2,1-2H3. The largest absolute Gasteiger partial charge is 0.399 e. The van der Waals surface area contributed by atoms with E-state index in [9.17, 15) is 8.42 Å². The maximum Gasteiger partial charge on any atom is 0.241 e. The first-order chi connectivity index (χ1) is 8.88. The zero-order valence-corrected chi connectivity index (χ0v) is 12.3. The summed E-state index contributed by atoms with van der Waals surface area (Å²) >= 11 is 1.48. The summed E-state index contributed by atoms with van der Waals surface area (Å²) in [7, 11) is -3.55. The van der Waals surface area contributed by atoms with Gasteiger partial charge in [0.1, 0.15) is 5.01 Å². The van der Waals surface area contributed by atoms with Crippen molar-refractivity contribution in [2.24, 2.45) is 0 Å². The number of anilines is 1. The SMILES string of the molecule is Cc1cnc(C(C)NS(=O)(=O)c2ccc(N)cc2)s1. The average molecular weight is 297 g/mol. The van der Waals surface area contributed by atoms with Gasteiger partial charge in [0.15, 0.2) is 0 Å². The first-order valence-corrected chi connectivity index (χ1v) is 7.98. The van der Waals surface area contributed by atoms with E-state index in [1.165, 1.54) is 23.5 Å². The molecule has 0 fully saturated rings. The van der Waals surface area contributed by atoms with E-state index < -0.39 is 10.0 Å². The van der Waals surface area contributed by atoms with Crippen molar-refractivity contribution < 1.29 is 8.42 Å². The molecule has 0 amide bonds. The number of rotatable bonds is 4. The number of hydrogen-bond donors (Lipinski definition) is 2. The molecule has 0 aliphatic carbocycles. The second-order valence-corrected chi connectivity index (χ2v) is 7.20. The molecule has 1 aromatic carbocycles. The van der Waals surface area contributed by atoms with E-state index in [0.717, 1.165) is 9.88 Å². The average Bonchev–Trinajstić information content (AvgIpc) is 2.76. The summed E-state index contributed by atoms with van der Waals surface area (Å²) < 4.78 is 26.9. The van der Waals surface area contributed by atoms with Crippen LogP contribution in [0.5, 0.6) is 0 Å². The summed E-state index contributed by atoms with van der Waals surface area (Å²) in [6.07, 6.45) is 1.73. The van der Waals surface area contributed by atoms with Crippen LogP contribution in [0.25, 0.3) is 0 Å². The number of hydrogen-bond acceptors (Lipinski definition) is 5. The zero-order valence-electron chi connectivity index (χ0n) is 10.6. The molecule has 19 heavy (non-hydrogen) atoms. The van der Waals surface area contributed by atoms with E-state index >= 15 is 0 Å². The molecule has 0 aliphatic heterocycles. The van der Waals surface area contributed by atoms with Gasteiger partial charge in [-0.15, -0.1) is 11.3 Å². The van der Waals surface area contributed by atoms with Crippen LogP contribution in [-0.2, 0) is 10.0 Å². The van der Waals surface area contributed by atoms with Gasteiger partial charge in [-0.2, -0.15) is 0 Å². The molecule has 3 N–H and O–H groups in total. The molecule has 5 nitrogen and oxygen atoms in total. The van der Waals surface area contributed by atoms with Gasteiger partial charge in [0.25, 0.3) is 0 Å². The Morgan fingerprint density at radius 2 is 1.95 bits per heavy atom.